The van der Waals surface area contributed by atoms with Crippen LogP contribution in [0.25, 0.3) is 0 Å². The van der Waals surface area contributed by atoms with E-state index in [-0.39, 0.29) is 6.10 Å². The van der Waals surface area contributed by atoms with Crippen molar-refractivity contribution in [3.8, 4) is 0 Å². The van der Waals surface area contributed by atoms with Gasteiger partial charge in [-0.3, -0.25) is 9.58 Å². The number of morpholine rings is 1. The van der Waals surface area contributed by atoms with E-state index in [0.29, 0.717) is 18.5 Å². The first-order valence-electron chi connectivity index (χ1n) is 6.68. The van der Waals surface area contributed by atoms with Crippen molar-refractivity contribution in [3.05, 3.63) is 16.4 Å². The van der Waals surface area contributed by atoms with Gasteiger partial charge in [-0.1, -0.05) is 18.5 Å². The Kier molecular flexibility index (Phi) is 5.12. The van der Waals surface area contributed by atoms with Crippen molar-refractivity contribution in [1.82, 2.24) is 14.7 Å². The number of alkyl halides is 1. The van der Waals surface area contributed by atoms with E-state index >= 15 is 0 Å². The lowest BCUT2D eigenvalue weighted by atomic mass is 10.2. The fourth-order valence-corrected chi connectivity index (χ4v) is 2.91. The average Bonchev–Trinajstić information content (AvgIpc) is 2.68. The van der Waals surface area contributed by atoms with Crippen LogP contribution in [0.2, 0.25) is 5.02 Å². The number of hydrogen-bond donors (Lipinski definition) is 0. The van der Waals surface area contributed by atoms with E-state index in [9.17, 15) is 0 Å². The summed E-state index contributed by atoms with van der Waals surface area (Å²) in [5.74, 6) is 0.530. The molecule has 1 saturated heterocycles. The molecule has 0 bridgehead atoms. The van der Waals surface area contributed by atoms with Gasteiger partial charge in [0.2, 0.25) is 0 Å². The summed E-state index contributed by atoms with van der Waals surface area (Å²) in [6.07, 6.45) is 0.964. The molecule has 0 spiro atoms. The van der Waals surface area contributed by atoms with Gasteiger partial charge in [0.15, 0.2) is 0 Å². The number of aromatic nitrogens is 2. The second-order valence-electron chi connectivity index (χ2n) is 5.07. The molecule has 0 aromatic carbocycles. The molecule has 19 heavy (non-hydrogen) atoms. The second-order valence-corrected chi connectivity index (χ2v) is 5.76. The summed E-state index contributed by atoms with van der Waals surface area (Å²) in [7, 11) is 1.95. The third-order valence-corrected chi connectivity index (χ3v) is 4.44. The van der Waals surface area contributed by atoms with Crippen molar-refractivity contribution >= 4 is 23.2 Å². The maximum Gasteiger partial charge on any atom is 0.0863 e. The van der Waals surface area contributed by atoms with Crippen molar-refractivity contribution < 1.29 is 4.74 Å². The number of rotatable bonds is 4. The summed E-state index contributed by atoms with van der Waals surface area (Å²) in [4.78, 5) is 2.36. The first-order valence-corrected chi connectivity index (χ1v) is 7.59. The van der Waals surface area contributed by atoms with Crippen molar-refractivity contribution in [1.29, 1.82) is 0 Å². The molecule has 108 valence electrons. The van der Waals surface area contributed by atoms with Crippen LogP contribution in [-0.4, -0.2) is 45.9 Å². The van der Waals surface area contributed by atoms with Crippen LogP contribution >= 0.6 is 23.2 Å². The van der Waals surface area contributed by atoms with E-state index in [1.54, 1.807) is 0 Å². The maximum absolute atomic E-state index is 6.40. The van der Waals surface area contributed by atoms with E-state index in [4.69, 9.17) is 27.9 Å². The lowest BCUT2D eigenvalue weighted by molar-refractivity contribution is -0.0517. The van der Waals surface area contributed by atoms with Crippen LogP contribution in [0.1, 0.15) is 25.2 Å². The first kappa shape index (κ1) is 15.1. The maximum atomic E-state index is 6.40. The molecule has 2 rings (SSSR count). The Morgan fingerprint density at radius 3 is 2.79 bits per heavy atom. The van der Waals surface area contributed by atoms with Gasteiger partial charge in [0.25, 0.3) is 0 Å². The highest BCUT2D eigenvalue weighted by molar-refractivity contribution is 6.31. The summed E-state index contributed by atoms with van der Waals surface area (Å²) < 4.78 is 7.55. The normalized spacial score (nSPS) is 24.9. The summed E-state index contributed by atoms with van der Waals surface area (Å²) >= 11 is 12.3. The third-order valence-electron chi connectivity index (χ3n) is 3.66. The zero-order valence-electron chi connectivity index (χ0n) is 11.7. The molecule has 1 aromatic rings. The standard InChI is InChI=1S/C13H21Cl2N3O/c1-4-11-13(15)12(17(3)16-11)7-18-6-10(5-14)19-8-9(18)2/h9-10H,4-8H2,1-3H3. The smallest absolute Gasteiger partial charge is 0.0863 e. The number of hydrogen-bond acceptors (Lipinski definition) is 3. The number of nitrogens with zero attached hydrogens (tertiary/aromatic N) is 3. The molecule has 0 N–H and O–H groups in total. The number of ether oxygens (including phenoxy) is 1. The minimum absolute atomic E-state index is 0.107. The summed E-state index contributed by atoms with van der Waals surface area (Å²) in [6.45, 7) is 6.58. The highest BCUT2D eigenvalue weighted by Crippen LogP contribution is 2.24. The Labute approximate surface area is 124 Å². The minimum atomic E-state index is 0.107. The molecule has 6 heteroatoms. The van der Waals surface area contributed by atoms with Gasteiger partial charge >= 0.3 is 0 Å². The molecule has 0 radical (unpaired) electrons. The first-order chi connectivity index (χ1) is 9.06. The van der Waals surface area contributed by atoms with E-state index < -0.39 is 0 Å². The molecule has 0 amide bonds. The van der Waals surface area contributed by atoms with Gasteiger partial charge in [0.1, 0.15) is 0 Å². The Bertz CT molecular complexity index is 436. The fraction of sp³-hybridized carbons (Fsp3) is 0.769. The van der Waals surface area contributed by atoms with Crippen molar-refractivity contribution in [3.63, 3.8) is 0 Å². The Morgan fingerprint density at radius 1 is 1.47 bits per heavy atom. The molecule has 1 fully saturated rings. The predicted octanol–water partition coefficient (Wildman–Crippen LogP) is 2.46. The molecule has 2 heterocycles. The zero-order chi connectivity index (χ0) is 14.0. The number of aryl methyl sites for hydroxylation is 2. The summed E-state index contributed by atoms with van der Waals surface area (Å²) in [6, 6.07) is 0.371. The van der Waals surface area contributed by atoms with Gasteiger partial charge in [-0.25, -0.2) is 0 Å². The fourth-order valence-electron chi connectivity index (χ4n) is 2.37. The van der Waals surface area contributed by atoms with Gasteiger partial charge in [0, 0.05) is 32.1 Å². The molecule has 0 saturated carbocycles. The van der Waals surface area contributed by atoms with Gasteiger partial charge in [-0.2, -0.15) is 5.10 Å². The van der Waals surface area contributed by atoms with Crippen LogP contribution in [0.4, 0.5) is 0 Å². The van der Waals surface area contributed by atoms with Crippen molar-refractivity contribution in [2.24, 2.45) is 7.05 Å². The van der Waals surface area contributed by atoms with Crippen molar-refractivity contribution in [2.75, 3.05) is 19.0 Å². The highest BCUT2D eigenvalue weighted by Gasteiger charge is 2.27. The molecule has 0 aliphatic carbocycles. The van der Waals surface area contributed by atoms with Crippen LogP contribution in [-0.2, 0) is 24.8 Å². The molecule has 2 unspecified atom stereocenters. The van der Waals surface area contributed by atoms with Gasteiger partial charge in [-0.05, 0) is 13.3 Å². The highest BCUT2D eigenvalue weighted by atomic mass is 35.5. The van der Waals surface area contributed by atoms with Gasteiger partial charge in [0.05, 0.1) is 29.1 Å². The lowest BCUT2D eigenvalue weighted by Gasteiger charge is -2.37. The average molecular weight is 306 g/mol. The Hall–Kier alpha value is -0.290. The van der Waals surface area contributed by atoms with Crippen LogP contribution in [0.5, 0.6) is 0 Å². The van der Waals surface area contributed by atoms with E-state index in [0.717, 1.165) is 35.9 Å². The quantitative estimate of drug-likeness (QED) is 0.801. The van der Waals surface area contributed by atoms with E-state index in [1.165, 1.54) is 0 Å². The lowest BCUT2D eigenvalue weighted by Crippen LogP contribution is -2.48. The van der Waals surface area contributed by atoms with Crippen molar-refractivity contribution in [2.45, 2.75) is 39.0 Å². The molecular formula is C13H21Cl2N3O. The largest absolute Gasteiger partial charge is 0.374 e. The summed E-state index contributed by atoms with van der Waals surface area (Å²) in [5.41, 5.74) is 2.04. The molecule has 1 aliphatic heterocycles. The van der Waals surface area contributed by atoms with E-state index in [1.807, 2.05) is 11.7 Å². The van der Waals surface area contributed by atoms with Crippen LogP contribution < -0.4 is 0 Å². The number of halogens is 2. The topological polar surface area (TPSA) is 30.3 Å². The molecule has 4 nitrogen and oxygen atoms in total. The predicted molar refractivity (Wildman–Crippen MR) is 77.9 cm³/mol. The van der Waals surface area contributed by atoms with Crippen LogP contribution in [0.3, 0.4) is 0 Å². The Balaban J connectivity index is 2.13. The summed E-state index contributed by atoms with van der Waals surface area (Å²) in [5, 5.41) is 5.26. The molecule has 1 aliphatic rings. The molecule has 2 atom stereocenters. The third kappa shape index (κ3) is 3.24. The Morgan fingerprint density at radius 2 is 2.21 bits per heavy atom. The monoisotopic (exact) mass is 305 g/mol. The SMILES string of the molecule is CCc1nn(C)c(CN2CC(CCl)OCC2C)c1Cl. The van der Waals surface area contributed by atoms with Crippen LogP contribution in [0.15, 0.2) is 0 Å². The van der Waals surface area contributed by atoms with Crippen LogP contribution in [0, 0.1) is 0 Å². The molecular weight excluding hydrogens is 285 g/mol. The minimum Gasteiger partial charge on any atom is -0.374 e. The van der Waals surface area contributed by atoms with Gasteiger partial charge in [-0.15, -0.1) is 11.6 Å². The molecule has 1 aromatic heterocycles. The second kappa shape index (κ2) is 6.44. The zero-order valence-corrected chi connectivity index (χ0v) is 13.2. The van der Waals surface area contributed by atoms with Gasteiger partial charge < -0.3 is 4.74 Å². The van der Waals surface area contributed by atoms with E-state index in [2.05, 4.69) is 23.8 Å².